The number of hydrogen-bond acceptors (Lipinski definition) is 2. The number of halogens is 1. The summed E-state index contributed by atoms with van der Waals surface area (Å²) < 4.78 is 19.1. The number of nitrogens with one attached hydrogen (secondary N) is 1. The molecule has 1 aliphatic rings. The van der Waals surface area contributed by atoms with Gasteiger partial charge in [-0.1, -0.05) is 19.8 Å². The Balaban J connectivity index is 1.84. The van der Waals surface area contributed by atoms with Crippen LogP contribution in [0.2, 0.25) is 0 Å². The van der Waals surface area contributed by atoms with Gasteiger partial charge in [-0.05, 0) is 49.6 Å². The maximum atomic E-state index is 13.2. The normalized spacial score (nSPS) is 16.9. The molecule has 1 aromatic heterocycles. The summed E-state index contributed by atoms with van der Waals surface area (Å²) in [7, 11) is 0. The summed E-state index contributed by atoms with van der Waals surface area (Å²) >= 11 is 0. The third-order valence-electron chi connectivity index (χ3n) is 3.75. The molecule has 0 amide bonds. The molecule has 1 fully saturated rings. The average Bonchev–Trinajstić information content (AvgIpc) is 3.12. The highest BCUT2D eigenvalue weighted by atomic mass is 19.1. The van der Waals surface area contributed by atoms with E-state index in [2.05, 4.69) is 12.2 Å². The van der Waals surface area contributed by atoms with Crippen molar-refractivity contribution < 1.29 is 8.81 Å². The van der Waals surface area contributed by atoms with Crippen LogP contribution < -0.4 is 5.32 Å². The van der Waals surface area contributed by atoms with Crippen molar-refractivity contribution in [3.05, 3.63) is 35.8 Å². The summed E-state index contributed by atoms with van der Waals surface area (Å²) in [6.07, 6.45) is 4.90. The Labute approximate surface area is 113 Å². The zero-order valence-corrected chi connectivity index (χ0v) is 11.3. The second-order valence-electron chi connectivity index (χ2n) is 5.52. The van der Waals surface area contributed by atoms with Crippen molar-refractivity contribution in [1.82, 2.24) is 5.32 Å². The predicted octanol–water partition coefficient (Wildman–Crippen LogP) is 4.41. The molecule has 0 bridgehead atoms. The third kappa shape index (κ3) is 2.98. The molecule has 1 aliphatic carbocycles. The van der Waals surface area contributed by atoms with Gasteiger partial charge in [0.1, 0.15) is 17.2 Å². The number of benzene rings is 1. The van der Waals surface area contributed by atoms with Crippen LogP contribution in [0.3, 0.4) is 0 Å². The number of fused-ring (bicyclic) bond motifs is 1. The highest BCUT2D eigenvalue weighted by Gasteiger charge is 2.27. The molecule has 1 atom stereocenters. The fraction of sp³-hybridized carbons (Fsp3) is 0.500. The summed E-state index contributed by atoms with van der Waals surface area (Å²) in [6, 6.07) is 6.94. The molecule has 2 aromatic rings. The van der Waals surface area contributed by atoms with Gasteiger partial charge in [-0.3, -0.25) is 0 Å². The van der Waals surface area contributed by atoms with Gasteiger partial charge in [0.2, 0.25) is 0 Å². The van der Waals surface area contributed by atoms with Crippen LogP contribution in [0.5, 0.6) is 0 Å². The van der Waals surface area contributed by atoms with E-state index in [0.717, 1.165) is 42.0 Å². The van der Waals surface area contributed by atoms with E-state index in [1.165, 1.54) is 25.0 Å². The van der Waals surface area contributed by atoms with Gasteiger partial charge < -0.3 is 9.73 Å². The van der Waals surface area contributed by atoms with Crippen molar-refractivity contribution in [1.29, 1.82) is 0 Å². The van der Waals surface area contributed by atoms with Gasteiger partial charge in [0, 0.05) is 5.39 Å². The molecule has 0 saturated heterocycles. The minimum absolute atomic E-state index is 0.208. The van der Waals surface area contributed by atoms with Crippen LogP contribution in [-0.4, -0.2) is 6.54 Å². The lowest BCUT2D eigenvalue weighted by molar-refractivity contribution is 0.396. The molecule has 1 N–H and O–H groups in total. The maximum absolute atomic E-state index is 13.2. The Bertz CT molecular complexity index is 559. The van der Waals surface area contributed by atoms with Gasteiger partial charge in [-0.25, -0.2) is 4.39 Å². The van der Waals surface area contributed by atoms with Crippen molar-refractivity contribution in [2.75, 3.05) is 6.54 Å². The minimum Gasteiger partial charge on any atom is -0.459 e. The summed E-state index contributed by atoms with van der Waals surface area (Å²) in [5, 5.41) is 4.40. The third-order valence-corrected chi connectivity index (χ3v) is 3.75. The topological polar surface area (TPSA) is 25.2 Å². The van der Waals surface area contributed by atoms with Crippen molar-refractivity contribution >= 4 is 11.0 Å². The summed E-state index contributed by atoms with van der Waals surface area (Å²) in [4.78, 5) is 0. The van der Waals surface area contributed by atoms with Crippen LogP contribution in [0.25, 0.3) is 11.0 Å². The van der Waals surface area contributed by atoms with Crippen LogP contribution >= 0.6 is 0 Å². The van der Waals surface area contributed by atoms with E-state index in [1.54, 1.807) is 6.07 Å². The molecule has 3 rings (SSSR count). The molecular formula is C16H20FNO. The van der Waals surface area contributed by atoms with Crippen LogP contribution in [0.15, 0.2) is 28.7 Å². The summed E-state index contributed by atoms with van der Waals surface area (Å²) in [5.74, 6) is 1.57. The Morgan fingerprint density at radius 1 is 1.37 bits per heavy atom. The largest absolute Gasteiger partial charge is 0.459 e. The number of hydrogen-bond donors (Lipinski definition) is 1. The molecule has 102 valence electrons. The zero-order chi connectivity index (χ0) is 13.2. The van der Waals surface area contributed by atoms with Crippen LogP contribution in [0, 0.1) is 11.7 Å². The maximum Gasteiger partial charge on any atom is 0.134 e. The van der Waals surface area contributed by atoms with Gasteiger partial charge in [-0.15, -0.1) is 0 Å². The molecule has 0 aliphatic heterocycles. The molecule has 0 radical (unpaired) electrons. The van der Waals surface area contributed by atoms with E-state index < -0.39 is 0 Å². The number of rotatable bonds is 6. The molecule has 1 heterocycles. The van der Waals surface area contributed by atoms with Crippen molar-refractivity contribution in [2.45, 2.75) is 38.6 Å². The first-order valence-corrected chi connectivity index (χ1v) is 7.18. The lowest BCUT2D eigenvalue weighted by Gasteiger charge is -2.15. The lowest BCUT2D eigenvalue weighted by atomic mass is 10.1. The van der Waals surface area contributed by atoms with Crippen LogP contribution in [-0.2, 0) is 0 Å². The summed E-state index contributed by atoms with van der Waals surface area (Å²) in [5.41, 5.74) is 0.774. The highest BCUT2D eigenvalue weighted by Crippen LogP contribution is 2.38. The molecule has 1 unspecified atom stereocenters. The molecular weight excluding hydrogens is 241 g/mol. The standard InChI is InChI=1S/C16H20FNO/c1-2-7-18-14(8-11-3-4-11)16-10-12-9-13(17)5-6-15(12)19-16/h5-6,9-11,14,18H,2-4,7-8H2,1H3. The minimum atomic E-state index is -0.208. The Kier molecular flexibility index (Phi) is 3.56. The molecule has 1 aromatic carbocycles. The second kappa shape index (κ2) is 5.33. The van der Waals surface area contributed by atoms with E-state index in [9.17, 15) is 4.39 Å². The van der Waals surface area contributed by atoms with E-state index in [0.29, 0.717) is 0 Å². The Hall–Kier alpha value is -1.35. The van der Waals surface area contributed by atoms with Gasteiger partial charge in [-0.2, -0.15) is 0 Å². The van der Waals surface area contributed by atoms with Crippen molar-refractivity contribution in [3.63, 3.8) is 0 Å². The van der Waals surface area contributed by atoms with E-state index in [-0.39, 0.29) is 11.9 Å². The Morgan fingerprint density at radius 2 is 2.21 bits per heavy atom. The van der Waals surface area contributed by atoms with Crippen LogP contribution in [0.4, 0.5) is 4.39 Å². The van der Waals surface area contributed by atoms with E-state index in [4.69, 9.17) is 4.42 Å². The average molecular weight is 261 g/mol. The van der Waals surface area contributed by atoms with E-state index in [1.807, 2.05) is 6.07 Å². The monoisotopic (exact) mass is 261 g/mol. The highest BCUT2D eigenvalue weighted by molar-refractivity contribution is 5.78. The second-order valence-corrected chi connectivity index (χ2v) is 5.52. The zero-order valence-electron chi connectivity index (χ0n) is 11.3. The molecule has 2 nitrogen and oxygen atoms in total. The van der Waals surface area contributed by atoms with Crippen molar-refractivity contribution in [3.8, 4) is 0 Å². The molecule has 19 heavy (non-hydrogen) atoms. The first kappa shape index (κ1) is 12.7. The fourth-order valence-electron chi connectivity index (χ4n) is 2.51. The first-order chi connectivity index (χ1) is 9.26. The smallest absolute Gasteiger partial charge is 0.134 e. The van der Waals surface area contributed by atoms with Gasteiger partial charge in [0.25, 0.3) is 0 Å². The van der Waals surface area contributed by atoms with Gasteiger partial charge in [0.15, 0.2) is 0 Å². The van der Waals surface area contributed by atoms with Crippen LogP contribution in [0.1, 0.15) is 44.4 Å². The van der Waals surface area contributed by atoms with Crippen molar-refractivity contribution in [2.24, 2.45) is 5.92 Å². The molecule has 1 saturated carbocycles. The SMILES string of the molecule is CCCNC(CC1CC1)c1cc2cc(F)ccc2o1. The van der Waals surface area contributed by atoms with E-state index >= 15 is 0 Å². The Morgan fingerprint density at radius 3 is 2.95 bits per heavy atom. The first-order valence-electron chi connectivity index (χ1n) is 7.18. The molecule has 3 heteroatoms. The molecule has 0 spiro atoms. The quantitative estimate of drug-likeness (QED) is 0.833. The van der Waals surface area contributed by atoms with Gasteiger partial charge >= 0.3 is 0 Å². The predicted molar refractivity (Wildman–Crippen MR) is 74.5 cm³/mol. The lowest BCUT2D eigenvalue weighted by Crippen LogP contribution is -2.22. The summed E-state index contributed by atoms with van der Waals surface area (Å²) in [6.45, 7) is 3.15. The fourth-order valence-corrected chi connectivity index (χ4v) is 2.51. The number of furan rings is 1. The van der Waals surface area contributed by atoms with Gasteiger partial charge in [0.05, 0.1) is 6.04 Å².